The number of hydrogen-bond acceptors (Lipinski definition) is 3. The lowest BCUT2D eigenvalue weighted by molar-refractivity contribution is -0.163. The molecule has 2 rings (SSSR count). The van der Waals surface area contributed by atoms with Crippen molar-refractivity contribution in [1.82, 2.24) is 14.7 Å². The summed E-state index contributed by atoms with van der Waals surface area (Å²) in [4.78, 5) is 37.5. The molecule has 0 bridgehead atoms. The standard InChI is InChI=1S/C18H22F3N3O3/c1-17(2,3)10-23(11-18(19,20)21)14(25)8-9-24-16(27)13-7-5-4-6-12(13)15(26)22-24/h4-7H,8-11H2,1-3H3,(H,22,26). The number of halogens is 3. The molecule has 2 aromatic rings. The van der Waals surface area contributed by atoms with Gasteiger partial charge in [-0.3, -0.25) is 19.5 Å². The number of nitrogens with zero attached hydrogens (tertiary/aromatic N) is 2. The van der Waals surface area contributed by atoms with Gasteiger partial charge in [0, 0.05) is 13.0 Å². The molecular formula is C18H22F3N3O3. The third-order valence-corrected chi connectivity index (χ3v) is 3.82. The van der Waals surface area contributed by atoms with Gasteiger partial charge in [0.1, 0.15) is 6.54 Å². The highest BCUT2D eigenvalue weighted by molar-refractivity contribution is 5.80. The van der Waals surface area contributed by atoms with Crippen LogP contribution in [0.4, 0.5) is 13.2 Å². The number of benzene rings is 1. The van der Waals surface area contributed by atoms with E-state index in [-0.39, 0.29) is 30.3 Å². The molecule has 1 aromatic carbocycles. The zero-order valence-electron chi connectivity index (χ0n) is 15.4. The second-order valence-corrected chi connectivity index (χ2v) is 7.62. The summed E-state index contributed by atoms with van der Waals surface area (Å²) in [5.74, 6) is -0.733. The molecule has 0 saturated heterocycles. The van der Waals surface area contributed by atoms with Crippen LogP contribution in [-0.2, 0) is 11.3 Å². The van der Waals surface area contributed by atoms with E-state index in [4.69, 9.17) is 0 Å². The number of aryl methyl sites for hydroxylation is 1. The topological polar surface area (TPSA) is 75.2 Å². The Labute approximate surface area is 153 Å². The summed E-state index contributed by atoms with van der Waals surface area (Å²) in [6, 6.07) is 6.21. The maximum absolute atomic E-state index is 12.8. The number of nitrogens with one attached hydrogen (secondary N) is 1. The minimum Gasteiger partial charge on any atom is -0.333 e. The van der Waals surface area contributed by atoms with Crippen LogP contribution >= 0.6 is 0 Å². The van der Waals surface area contributed by atoms with Crippen LogP contribution < -0.4 is 11.1 Å². The minimum atomic E-state index is -4.52. The molecule has 0 aliphatic heterocycles. The monoisotopic (exact) mass is 385 g/mol. The van der Waals surface area contributed by atoms with Gasteiger partial charge in [-0.2, -0.15) is 13.2 Å². The lowest BCUT2D eigenvalue weighted by atomic mass is 9.96. The molecule has 0 fully saturated rings. The Balaban J connectivity index is 2.22. The number of aromatic nitrogens is 2. The number of alkyl halides is 3. The van der Waals surface area contributed by atoms with Crippen LogP contribution in [0.3, 0.4) is 0 Å². The van der Waals surface area contributed by atoms with Gasteiger partial charge in [0.15, 0.2) is 0 Å². The molecule has 0 atom stereocenters. The van der Waals surface area contributed by atoms with Crippen molar-refractivity contribution in [3.05, 3.63) is 45.0 Å². The summed E-state index contributed by atoms with van der Waals surface area (Å²) in [6.45, 7) is 3.55. The number of hydrogen-bond donors (Lipinski definition) is 1. The molecule has 0 aliphatic carbocycles. The van der Waals surface area contributed by atoms with E-state index in [2.05, 4.69) is 5.10 Å². The fourth-order valence-corrected chi connectivity index (χ4v) is 2.79. The number of aromatic amines is 1. The van der Waals surface area contributed by atoms with Gasteiger partial charge in [-0.15, -0.1) is 0 Å². The second kappa shape index (κ2) is 7.58. The molecule has 148 valence electrons. The van der Waals surface area contributed by atoms with Crippen molar-refractivity contribution in [3.8, 4) is 0 Å². The van der Waals surface area contributed by atoms with Gasteiger partial charge in [0.25, 0.3) is 11.1 Å². The number of rotatable bonds is 5. The summed E-state index contributed by atoms with van der Waals surface area (Å²) in [6.07, 6.45) is -4.85. The predicted octanol–water partition coefficient (Wildman–Crippen LogP) is 2.52. The Hall–Kier alpha value is -2.58. The fraction of sp³-hybridized carbons (Fsp3) is 0.500. The average molecular weight is 385 g/mol. The lowest BCUT2D eigenvalue weighted by Crippen LogP contribution is -2.44. The summed E-state index contributed by atoms with van der Waals surface area (Å²) < 4.78 is 39.4. The molecule has 0 aliphatic rings. The molecule has 9 heteroatoms. The third kappa shape index (κ3) is 5.70. The number of carbonyl (C=O) groups excluding carboxylic acids is 1. The second-order valence-electron chi connectivity index (χ2n) is 7.62. The van der Waals surface area contributed by atoms with E-state index >= 15 is 0 Å². The van der Waals surface area contributed by atoms with Crippen molar-refractivity contribution in [1.29, 1.82) is 0 Å². The molecule has 0 unspecified atom stereocenters. The molecule has 1 aromatic heterocycles. The minimum absolute atomic E-state index is 0.0749. The molecule has 1 N–H and O–H groups in total. The van der Waals surface area contributed by atoms with E-state index < -0.39 is 35.2 Å². The van der Waals surface area contributed by atoms with Crippen molar-refractivity contribution in [2.24, 2.45) is 5.41 Å². The van der Waals surface area contributed by atoms with Crippen LogP contribution in [0.2, 0.25) is 0 Å². The third-order valence-electron chi connectivity index (χ3n) is 3.82. The van der Waals surface area contributed by atoms with Crippen LogP contribution in [0.5, 0.6) is 0 Å². The lowest BCUT2D eigenvalue weighted by Gasteiger charge is -2.30. The Bertz CT molecular complexity index is 923. The van der Waals surface area contributed by atoms with Crippen molar-refractivity contribution in [3.63, 3.8) is 0 Å². The Morgan fingerprint density at radius 1 is 1.07 bits per heavy atom. The predicted molar refractivity (Wildman–Crippen MR) is 95.5 cm³/mol. The summed E-state index contributed by atoms with van der Waals surface area (Å²) in [5, 5.41) is 2.77. The molecule has 0 radical (unpaired) electrons. The summed E-state index contributed by atoms with van der Waals surface area (Å²) >= 11 is 0. The van der Waals surface area contributed by atoms with Crippen LogP contribution in [0.25, 0.3) is 10.8 Å². The quantitative estimate of drug-likeness (QED) is 0.859. The van der Waals surface area contributed by atoms with Crippen molar-refractivity contribution in [2.75, 3.05) is 13.1 Å². The van der Waals surface area contributed by atoms with Gasteiger partial charge in [-0.1, -0.05) is 32.9 Å². The largest absolute Gasteiger partial charge is 0.406 e. The smallest absolute Gasteiger partial charge is 0.333 e. The Morgan fingerprint density at radius 2 is 1.67 bits per heavy atom. The van der Waals surface area contributed by atoms with Gasteiger partial charge in [-0.05, 0) is 17.5 Å². The molecule has 27 heavy (non-hydrogen) atoms. The molecule has 1 heterocycles. The summed E-state index contributed by atoms with van der Waals surface area (Å²) in [5.41, 5.74) is -1.52. The zero-order valence-corrected chi connectivity index (χ0v) is 15.4. The van der Waals surface area contributed by atoms with E-state index in [1.54, 1.807) is 32.9 Å². The molecule has 0 saturated carbocycles. The fourth-order valence-electron chi connectivity index (χ4n) is 2.79. The summed E-state index contributed by atoms with van der Waals surface area (Å²) in [7, 11) is 0. The first-order valence-corrected chi connectivity index (χ1v) is 8.44. The highest BCUT2D eigenvalue weighted by atomic mass is 19.4. The first-order chi connectivity index (χ1) is 12.4. The van der Waals surface area contributed by atoms with E-state index in [0.29, 0.717) is 0 Å². The first kappa shape index (κ1) is 20.7. The van der Waals surface area contributed by atoms with Crippen LogP contribution in [0.1, 0.15) is 27.2 Å². The van der Waals surface area contributed by atoms with Crippen LogP contribution in [0, 0.1) is 5.41 Å². The van der Waals surface area contributed by atoms with Gasteiger partial charge in [0.05, 0.1) is 17.3 Å². The highest BCUT2D eigenvalue weighted by Crippen LogP contribution is 2.22. The van der Waals surface area contributed by atoms with Gasteiger partial charge in [0.2, 0.25) is 5.91 Å². The SMILES string of the molecule is CC(C)(C)CN(CC(F)(F)F)C(=O)CCn1[nH]c(=O)c2ccccc2c1=O. The van der Waals surface area contributed by atoms with Crippen molar-refractivity contribution in [2.45, 2.75) is 39.9 Å². The van der Waals surface area contributed by atoms with E-state index in [0.717, 1.165) is 9.58 Å². The molecule has 0 spiro atoms. The molecule has 1 amide bonds. The normalized spacial score (nSPS) is 12.4. The number of amides is 1. The molecular weight excluding hydrogens is 363 g/mol. The highest BCUT2D eigenvalue weighted by Gasteiger charge is 2.34. The van der Waals surface area contributed by atoms with Crippen LogP contribution in [-0.4, -0.2) is 39.9 Å². The van der Waals surface area contributed by atoms with Gasteiger partial charge < -0.3 is 4.90 Å². The molecule has 6 nitrogen and oxygen atoms in total. The maximum atomic E-state index is 12.8. The maximum Gasteiger partial charge on any atom is 0.406 e. The van der Waals surface area contributed by atoms with Crippen LogP contribution in [0.15, 0.2) is 33.9 Å². The number of H-pyrrole nitrogens is 1. The van der Waals surface area contributed by atoms with E-state index in [1.807, 2.05) is 0 Å². The van der Waals surface area contributed by atoms with Gasteiger partial charge >= 0.3 is 6.18 Å². The van der Waals surface area contributed by atoms with Gasteiger partial charge in [-0.25, -0.2) is 4.68 Å². The van der Waals surface area contributed by atoms with E-state index in [9.17, 15) is 27.6 Å². The first-order valence-electron chi connectivity index (χ1n) is 8.44. The Morgan fingerprint density at radius 3 is 2.22 bits per heavy atom. The zero-order chi connectivity index (χ0) is 20.4. The Kier molecular flexibility index (Phi) is 5.82. The van der Waals surface area contributed by atoms with Crippen molar-refractivity contribution >= 4 is 16.7 Å². The number of fused-ring (bicyclic) bond motifs is 1. The van der Waals surface area contributed by atoms with Crippen molar-refractivity contribution < 1.29 is 18.0 Å². The average Bonchev–Trinajstić information content (AvgIpc) is 2.53. The van der Waals surface area contributed by atoms with E-state index in [1.165, 1.54) is 12.1 Å². The number of carbonyl (C=O) groups is 1.